The molecule has 0 radical (unpaired) electrons. The van der Waals surface area contributed by atoms with Crippen molar-refractivity contribution in [2.24, 2.45) is 0 Å². The molecular formula is C15H21BrN2O4. The zero-order chi connectivity index (χ0) is 16.4. The fourth-order valence-corrected chi connectivity index (χ4v) is 2.02. The molecule has 1 rings (SSSR count). The van der Waals surface area contributed by atoms with Crippen LogP contribution in [0.2, 0.25) is 0 Å². The minimum atomic E-state index is -0.857. The molecule has 0 aliphatic carbocycles. The Morgan fingerprint density at radius 2 is 2.00 bits per heavy atom. The molecule has 0 aromatic heterocycles. The molecule has 0 saturated heterocycles. The number of benzene rings is 1. The Hall–Kier alpha value is -1.76. The van der Waals surface area contributed by atoms with Crippen molar-refractivity contribution >= 4 is 27.9 Å². The Morgan fingerprint density at radius 1 is 1.32 bits per heavy atom. The summed E-state index contributed by atoms with van der Waals surface area (Å²) in [6, 6.07) is 7.29. The van der Waals surface area contributed by atoms with Gasteiger partial charge >= 0.3 is 12.0 Å². The van der Waals surface area contributed by atoms with Crippen molar-refractivity contribution in [2.45, 2.75) is 19.8 Å². The van der Waals surface area contributed by atoms with Gasteiger partial charge in [0.2, 0.25) is 0 Å². The van der Waals surface area contributed by atoms with E-state index in [9.17, 15) is 9.59 Å². The number of hydrogen-bond donors (Lipinski definition) is 2. The maximum absolute atomic E-state index is 11.9. The summed E-state index contributed by atoms with van der Waals surface area (Å²) in [5, 5.41) is 11.2. The summed E-state index contributed by atoms with van der Waals surface area (Å²) in [4.78, 5) is 23.9. The molecule has 0 atom stereocenters. The molecule has 0 aliphatic rings. The molecular weight excluding hydrogens is 352 g/mol. The van der Waals surface area contributed by atoms with E-state index in [1.807, 2.05) is 31.2 Å². The van der Waals surface area contributed by atoms with Gasteiger partial charge in [0.25, 0.3) is 0 Å². The van der Waals surface area contributed by atoms with Crippen LogP contribution in [0.4, 0.5) is 4.79 Å². The fourth-order valence-electron chi connectivity index (χ4n) is 1.75. The first kappa shape index (κ1) is 18.3. The van der Waals surface area contributed by atoms with Crippen molar-refractivity contribution < 1.29 is 19.4 Å². The zero-order valence-corrected chi connectivity index (χ0v) is 14.1. The lowest BCUT2D eigenvalue weighted by atomic mass is 10.3. The average Bonchev–Trinajstić information content (AvgIpc) is 2.49. The van der Waals surface area contributed by atoms with Crippen molar-refractivity contribution in [3.8, 4) is 5.75 Å². The highest BCUT2D eigenvalue weighted by Crippen LogP contribution is 2.15. The number of carbonyl (C=O) groups is 2. The maximum Gasteiger partial charge on any atom is 0.317 e. The Labute approximate surface area is 138 Å². The van der Waals surface area contributed by atoms with Crippen LogP contribution in [0.1, 0.15) is 19.8 Å². The van der Waals surface area contributed by atoms with E-state index < -0.39 is 5.97 Å². The molecule has 0 fully saturated rings. The highest BCUT2D eigenvalue weighted by Gasteiger charge is 2.10. The summed E-state index contributed by atoms with van der Waals surface area (Å²) in [5.74, 6) is -0.106. The number of aliphatic carboxylic acids is 1. The molecule has 0 unspecified atom stereocenters. The van der Waals surface area contributed by atoms with E-state index in [1.54, 1.807) is 4.90 Å². The van der Waals surface area contributed by atoms with Gasteiger partial charge < -0.3 is 20.1 Å². The van der Waals surface area contributed by atoms with Crippen LogP contribution in [0, 0.1) is 0 Å². The minimum Gasteiger partial charge on any atom is -0.492 e. The second-order valence-electron chi connectivity index (χ2n) is 4.61. The summed E-state index contributed by atoms with van der Waals surface area (Å²) < 4.78 is 6.56. The van der Waals surface area contributed by atoms with Crippen LogP contribution in [-0.4, -0.2) is 48.2 Å². The molecule has 22 heavy (non-hydrogen) atoms. The number of carboxylic acid groups (broad SMARTS) is 1. The lowest BCUT2D eigenvalue weighted by molar-refractivity contribution is -0.137. The molecule has 0 aliphatic heterocycles. The molecule has 0 saturated carbocycles. The van der Waals surface area contributed by atoms with Gasteiger partial charge in [0.1, 0.15) is 12.4 Å². The first-order valence-corrected chi connectivity index (χ1v) is 7.95. The predicted molar refractivity (Wildman–Crippen MR) is 87.2 cm³/mol. The van der Waals surface area contributed by atoms with Crippen LogP contribution in [0.25, 0.3) is 0 Å². The van der Waals surface area contributed by atoms with Gasteiger partial charge in [-0.25, -0.2) is 4.79 Å². The highest BCUT2D eigenvalue weighted by atomic mass is 79.9. The quantitative estimate of drug-likeness (QED) is 0.653. The fraction of sp³-hybridized carbons (Fsp3) is 0.467. The predicted octanol–water partition coefficient (Wildman–Crippen LogP) is 2.72. The smallest absolute Gasteiger partial charge is 0.317 e. The number of likely N-dealkylation sites (N-methyl/N-ethyl adjacent to an activating group) is 1. The number of halogens is 1. The van der Waals surface area contributed by atoms with Crippen LogP contribution in [0.5, 0.6) is 5.75 Å². The Bertz CT molecular complexity index is 479. The first-order valence-electron chi connectivity index (χ1n) is 7.16. The number of ether oxygens (including phenoxy) is 1. The van der Waals surface area contributed by atoms with Crippen molar-refractivity contribution in [1.82, 2.24) is 10.2 Å². The number of carbonyl (C=O) groups excluding carboxylic acids is 1. The van der Waals surface area contributed by atoms with Crippen LogP contribution in [-0.2, 0) is 4.79 Å². The van der Waals surface area contributed by atoms with E-state index >= 15 is 0 Å². The summed E-state index contributed by atoms with van der Waals surface area (Å²) in [5.41, 5.74) is 0. The van der Waals surface area contributed by atoms with E-state index in [4.69, 9.17) is 9.84 Å². The van der Waals surface area contributed by atoms with Gasteiger partial charge in [-0.05, 0) is 37.6 Å². The van der Waals surface area contributed by atoms with E-state index in [-0.39, 0.29) is 12.5 Å². The summed E-state index contributed by atoms with van der Waals surface area (Å²) >= 11 is 3.35. The molecule has 1 aromatic carbocycles. The number of hydrogen-bond acceptors (Lipinski definition) is 3. The SMILES string of the molecule is CCN(CCOc1ccc(Br)cc1)C(=O)NCCCC(=O)O. The van der Waals surface area contributed by atoms with Gasteiger partial charge in [0, 0.05) is 24.0 Å². The highest BCUT2D eigenvalue weighted by molar-refractivity contribution is 9.10. The number of nitrogens with zero attached hydrogens (tertiary/aromatic N) is 1. The summed E-state index contributed by atoms with van der Waals surface area (Å²) in [7, 11) is 0. The van der Waals surface area contributed by atoms with Gasteiger partial charge in [-0.15, -0.1) is 0 Å². The van der Waals surface area contributed by atoms with Gasteiger partial charge in [-0.2, -0.15) is 0 Å². The van der Waals surface area contributed by atoms with Gasteiger partial charge in [-0.1, -0.05) is 15.9 Å². The monoisotopic (exact) mass is 372 g/mol. The van der Waals surface area contributed by atoms with E-state index in [0.717, 1.165) is 10.2 Å². The lowest BCUT2D eigenvalue weighted by Gasteiger charge is -2.21. The lowest BCUT2D eigenvalue weighted by Crippen LogP contribution is -2.42. The van der Waals surface area contributed by atoms with E-state index in [1.165, 1.54) is 0 Å². The third-order valence-electron chi connectivity index (χ3n) is 2.96. The van der Waals surface area contributed by atoms with Gasteiger partial charge in [0.05, 0.1) is 6.54 Å². The molecule has 0 heterocycles. The number of urea groups is 1. The first-order chi connectivity index (χ1) is 10.5. The van der Waals surface area contributed by atoms with Crippen molar-refractivity contribution in [3.05, 3.63) is 28.7 Å². The molecule has 7 heteroatoms. The van der Waals surface area contributed by atoms with Crippen molar-refractivity contribution in [2.75, 3.05) is 26.2 Å². The molecule has 0 bridgehead atoms. The van der Waals surface area contributed by atoms with E-state index in [0.29, 0.717) is 32.7 Å². The average molecular weight is 373 g/mol. The second kappa shape index (κ2) is 10.0. The van der Waals surface area contributed by atoms with Gasteiger partial charge in [0.15, 0.2) is 0 Å². The number of amides is 2. The third kappa shape index (κ3) is 7.31. The molecule has 2 N–H and O–H groups in total. The topological polar surface area (TPSA) is 78.9 Å². The number of rotatable bonds is 9. The summed E-state index contributed by atoms with van der Waals surface area (Å²) in [6.07, 6.45) is 0.479. The third-order valence-corrected chi connectivity index (χ3v) is 3.48. The largest absolute Gasteiger partial charge is 0.492 e. The zero-order valence-electron chi connectivity index (χ0n) is 12.5. The Morgan fingerprint density at radius 3 is 2.59 bits per heavy atom. The normalized spacial score (nSPS) is 10.1. The van der Waals surface area contributed by atoms with E-state index in [2.05, 4.69) is 21.2 Å². The van der Waals surface area contributed by atoms with Crippen molar-refractivity contribution in [1.29, 1.82) is 0 Å². The second-order valence-corrected chi connectivity index (χ2v) is 5.53. The molecule has 6 nitrogen and oxygen atoms in total. The number of nitrogens with one attached hydrogen (secondary N) is 1. The molecule has 122 valence electrons. The maximum atomic E-state index is 11.9. The van der Waals surface area contributed by atoms with Crippen LogP contribution < -0.4 is 10.1 Å². The molecule has 1 aromatic rings. The Kier molecular flexibility index (Phi) is 8.35. The minimum absolute atomic E-state index is 0.0546. The number of carboxylic acids is 1. The van der Waals surface area contributed by atoms with Gasteiger partial charge in [-0.3, -0.25) is 4.79 Å². The van der Waals surface area contributed by atoms with Crippen molar-refractivity contribution in [3.63, 3.8) is 0 Å². The van der Waals surface area contributed by atoms with Crippen LogP contribution >= 0.6 is 15.9 Å². The van der Waals surface area contributed by atoms with Crippen LogP contribution in [0.15, 0.2) is 28.7 Å². The molecule has 2 amide bonds. The molecule has 0 spiro atoms. The van der Waals surface area contributed by atoms with Crippen LogP contribution in [0.3, 0.4) is 0 Å². The summed E-state index contributed by atoms with van der Waals surface area (Å²) in [6.45, 7) is 3.68. The standard InChI is InChI=1S/C15H21BrN2O4/c1-2-18(15(21)17-9-3-4-14(19)20)10-11-22-13-7-5-12(16)6-8-13/h5-8H,2-4,9-11H2,1H3,(H,17,21)(H,19,20). The Balaban J connectivity index is 2.27.